The first-order chi connectivity index (χ1) is 15.1. The Labute approximate surface area is 179 Å². The van der Waals surface area contributed by atoms with Crippen LogP contribution in [-0.2, 0) is 16.1 Å². The fourth-order valence-electron chi connectivity index (χ4n) is 3.11. The molecule has 0 aliphatic carbocycles. The Morgan fingerprint density at radius 1 is 0.968 bits per heavy atom. The molecule has 0 spiro atoms. The van der Waals surface area contributed by atoms with E-state index in [1.54, 1.807) is 31.2 Å². The maximum Gasteiger partial charge on any atom is 0.341 e. The fraction of sp³-hybridized carbons (Fsp3) is 0.167. The molecule has 4 rings (SSSR count). The minimum absolute atomic E-state index is 0.193. The maximum atomic E-state index is 12.7. The second-order valence-corrected chi connectivity index (χ2v) is 6.99. The Kier molecular flexibility index (Phi) is 6.03. The molecule has 0 saturated heterocycles. The molecule has 1 aliphatic rings. The van der Waals surface area contributed by atoms with E-state index in [4.69, 9.17) is 14.2 Å². The summed E-state index contributed by atoms with van der Waals surface area (Å²) in [6, 6.07) is 22.0. The average Bonchev–Trinajstić information content (AvgIpc) is 3.26. The molecule has 0 bridgehead atoms. The molecule has 7 heteroatoms. The number of fused-ring (bicyclic) bond motifs is 1. The number of amides is 1. The SMILES string of the molecule is C[C@@H](OC(=O)c1ccccc1Nc1ccccc1)C(=O)NCc1ccc2c(c1)OCO2. The predicted octanol–water partition coefficient (Wildman–Crippen LogP) is 4.02. The van der Waals surface area contributed by atoms with Gasteiger partial charge in [-0.1, -0.05) is 36.4 Å². The molecule has 0 radical (unpaired) electrons. The van der Waals surface area contributed by atoms with E-state index in [1.165, 1.54) is 0 Å². The lowest BCUT2D eigenvalue weighted by atomic mass is 10.1. The van der Waals surface area contributed by atoms with Crippen LogP contribution in [0.3, 0.4) is 0 Å². The summed E-state index contributed by atoms with van der Waals surface area (Å²) in [4.78, 5) is 25.1. The van der Waals surface area contributed by atoms with Gasteiger partial charge in [-0.15, -0.1) is 0 Å². The second kappa shape index (κ2) is 9.21. The summed E-state index contributed by atoms with van der Waals surface area (Å²) in [6.07, 6.45) is -0.953. The predicted molar refractivity (Wildman–Crippen MR) is 115 cm³/mol. The van der Waals surface area contributed by atoms with Crippen LogP contribution in [0.1, 0.15) is 22.8 Å². The van der Waals surface area contributed by atoms with Crippen LogP contribution in [0.15, 0.2) is 72.8 Å². The van der Waals surface area contributed by atoms with Gasteiger partial charge in [-0.3, -0.25) is 4.79 Å². The quantitative estimate of drug-likeness (QED) is 0.564. The highest BCUT2D eigenvalue weighted by Crippen LogP contribution is 2.32. The van der Waals surface area contributed by atoms with E-state index in [2.05, 4.69) is 10.6 Å². The number of carbonyl (C=O) groups excluding carboxylic acids is 2. The van der Waals surface area contributed by atoms with Crippen molar-refractivity contribution in [3.05, 3.63) is 83.9 Å². The van der Waals surface area contributed by atoms with E-state index < -0.39 is 12.1 Å². The number of carbonyl (C=O) groups is 2. The molecule has 0 aromatic heterocycles. The molecule has 1 amide bonds. The lowest BCUT2D eigenvalue weighted by Gasteiger charge is -2.16. The number of ether oxygens (including phenoxy) is 3. The van der Waals surface area contributed by atoms with Crippen molar-refractivity contribution < 1.29 is 23.8 Å². The zero-order chi connectivity index (χ0) is 21.6. The van der Waals surface area contributed by atoms with Gasteiger partial charge in [0.15, 0.2) is 17.6 Å². The molecule has 7 nitrogen and oxygen atoms in total. The van der Waals surface area contributed by atoms with Crippen molar-refractivity contribution in [2.24, 2.45) is 0 Å². The Morgan fingerprint density at radius 3 is 2.55 bits per heavy atom. The highest BCUT2D eigenvalue weighted by Gasteiger charge is 2.21. The highest BCUT2D eigenvalue weighted by atomic mass is 16.7. The summed E-state index contributed by atoms with van der Waals surface area (Å²) in [7, 11) is 0. The highest BCUT2D eigenvalue weighted by molar-refractivity contribution is 5.98. The van der Waals surface area contributed by atoms with Crippen LogP contribution in [0, 0.1) is 0 Å². The van der Waals surface area contributed by atoms with E-state index in [0.717, 1.165) is 11.3 Å². The third-order valence-electron chi connectivity index (χ3n) is 4.76. The smallest absolute Gasteiger partial charge is 0.341 e. The summed E-state index contributed by atoms with van der Waals surface area (Å²) in [5.74, 6) is 0.359. The Hall–Kier alpha value is -4.00. The molecule has 3 aromatic rings. The lowest BCUT2D eigenvalue weighted by molar-refractivity contribution is -0.129. The molecule has 1 heterocycles. The second-order valence-electron chi connectivity index (χ2n) is 6.99. The first-order valence-electron chi connectivity index (χ1n) is 9.88. The van der Waals surface area contributed by atoms with Gasteiger partial charge in [-0.2, -0.15) is 0 Å². The van der Waals surface area contributed by atoms with Gasteiger partial charge >= 0.3 is 5.97 Å². The number of hydrogen-bond acceptors (Lipinski definition) is 6. The van der Waals surface area contributed by atoms with Crippen molar-refractivity contribution in [3.8, 4) is 11.5 Å². The van der Waals surface area contributed by atoms with Crippen LogP contribution < -0.4 is 20.1 Å². The van der Waals surface area contributed by atoms with E-state index in [9.17, 15) is 9.59 Å². The molecule has 0 fully saturated rings. The van der Waals surface area contributed by atoms with Gasteiger partial charge in [-0.25, -0.2) is 4.79 Å². The van der Waals surface area contributed by atoms with Crippen molar-refractivity contribution in [2.75, 3.05) is 12.1 Å². The minimum Gasteiger partial charge on any atom is -0.454 e. The number of nitrogens with one attached hydrogen (secondary N) is 2. The Balaban J connectivity index is 1.35. The zero-order valence-corrected chi connectivity index (χ0v) is 17.0. The summed E-state index contributed by atoms with van der Waals surface area (Å²) in [5, 5.41) is 5.97. The largest absolute Gasteiger partial charge is 0.454 e. The van der Waals surface area contributed by atoms with Crippen LogP contribution in [0.5, 0.6) is 11.5 Å². The van der Waals surface area contributed by atoms with Gasteiger partial charge in [0.05, 0.1) is 11.3 Å². The first-order valence-corrected chi connectivity index (χ1v) is 9.88. The Bertz CT molecular complexity index is 1080. The number of benzene rings is 3. The topological polar surface area (TPSA) is 85.9 Å². The van der Waals surface area contributed by atoms with Gasteiger partial charge in [0.2, 0.25) is 6.79 Å². The molecule has 1 atom stereocenters. The molecule has 0 saturated carbocycles. The number of anilines is 2. The first kappa shape index (κ1) is 20.3. The van der Waals surface area contributed by atoms with Crippen LogP contribution in [-0.4, -0.2) is 24.8 Å². The molecule has 3 aromatic carbocycles. The number of rotatable bonds is 7. The maximum absolute atomic E-state index is 12.7. The average molecular weight is 418 g/mol. The number of para-hydroxylation sites is 2. The van der Waals surface area contributed by atoms with Crippen LogP contribution in [0.4, 0.5) is 11.4 Å². The van der Waals surface area contributed by atoms with Crippen molar-refractivity contribution >= 4 is 23.3 Å². The number of esters is 1. The standard InChI is InChI=1S/C24H22N2O5/c1-16(23(27)25-14-17-11-12-21-22(13-17)30-15-29-21)31-24(28)19-9-5-6-10-20(19)26-18-7-3-2-4-8-18/h2-13,16,26H,14-15H2,1H3,(H,25,27)/t16-/m1/s1. The molecular weight excluding hydrogens is 396 g/mol. The zero-order valence-electron chi connectivity index (χ0n) is 17.0. The van der Waals surface area contributed by atoms with Crippen LogP contribution in [0.25, 0.3) is 0 Å². The van der Waals surface area contributed by atoms with Gasteiger partial charge in [-0.05, 0) is 48.9 Å². The number of hydrogen-bond donors (Lipinski definition) is 2. The lowest BCUT2D eigenvalue weighted by Crippen LogP contribution is -2.35. The summed E-state index contributed by atoms with van der Waals surface area (Å²) in [6.45, 7) is 2.02. The van der Waals surface area contributed by atoms with E-state index >= 15 is 0 Å². The van der Waals surface area contributed by atoms with Crippen molar-refractivity contribution in [2.45, 2.75) is 19.6 Å². The molecule has 158 valence electrons. The molecule has 1 aliphatic heterocycles. The minimum atomic E-state index is -0.953. The third-order valence-corrected chi connectivity index (χ3v) is 4.76. The van der Waals surface area contributed by atoms with E-state index in [-0.39, 0.29) is 19.2 Å². The third kappa shape index (κ3) is 4.95. The summed E-state index contributed by atoms with van der Waals surface area (Å²) in [5.41, 5.74) is 2.65. The molecular formula is C24H22N2O5. The molecule has 0 unspecified atom stereocenters. The van der Waals surface area contributed by atoms with Gasteiger partial charge in [0.25, 0.3) is 5.91 Å². The van der Waals surface area contributed by atoms with Gasteiger partial charge in [0.1, 0.15) is 0 Å². The van der Waals surface area contributed by atoms with Crippen LogP contribution >= 0.6 is 0 Å². The van der Waals surface area contributed by atoms with Gasteiger partial charge < -0.3 is 24.8 Å². The molecule has 31 heavy (non-hydrogen) atoms. The summed E-state index contributed by atoms with van der Waals surface area (Å²) >= 11 is 0. The van der Waals surface area contributed by atoms with Crippen molar-refractivity contribution in [1.82, 2.24) is 5.32 Å². The normalized spacial score (nSPS) is 12.7. The summed E-state index contributed by atoms with van der Waals surface area (Å²) < 4.78 is 16.0. The van der Waals surface area contributed by atoms with E-state index in [1.807, 2.05) is 48.5 Å². The van der Waals surface area contributed by atoms with E-state index in [0.29, 0.717) is 22.7 Å². The Morgan fingerprint density at radius 2 is 1.71 bits per heavy atom. The van der Waals surface area contributed by atoms with Crippen molar-refractivity contribution in [3.63, 3.8) is 0 Å². The van der Waals surface area contributed by atoms with Gasteiger partial charge in [0, 0.05) is 12.2 Å². The van der Waals surface area contributed by atoms with Crippen molar-refractivity contribution in [1.29, 1.82) is 0 Å². The molecule has 2 N–H and O–H groups in total. The van der Waals surface area contributed by atoms with Crippen LogP contribution in [0.2, 0.25) is 0 Å². The fourth-order valence-corrected chi connectivity index (χ4v) is 3.11. The monoisotopic (exact) mass is 418 g/mol.